The van der Waals surface area contributed by atoms with Crippen LogP contribution < -0.4 is 15.5 Å². The first kappa shape index (κ1) is 28.3. The number of aryl methyl sites for hydroxylation is 1. The lowest BCUT2D eigenvalue weighted by atomic mass is 10.0. The van der Waals surface area contributed by atoms with Crippen molar-refractivity contribution in [2.24, 2.45) is 0 Å². The number of imidazole rings is 1. The Bertz CT molecular complexity index is 1630. The summed E-state index contributed by atoms with van der Waals surface area (Å²) in [7, 11) is 1.58. The Morgan fingerprint density at radius 3 is 2.55 bits per heavy atom. The standard InChI is InChI=1S/C27H30F5N9O/c1-14-13-42-11-10-39(14)24-21(29)22(20-15(2)38-41(23(20)27(30,31)32)17-6-8-34-9-7-17)36-26(37-24)40-19-5-4-16(28)12-18(19)35-25(40)33-3/h4-5,12,14,17,34H,6-11,13H2,1-3H3,(H,33,35)/t14-/m1/s1. The molecule has 0 saturated carbocycles. The fraction of sp³-hybridized carbons (Fsp3) is 0.481. The van der Waals surface area contributed by atoms with Gasteiger partial charge >= 0.3 is 6.18 Å². The van der Waals surface area contributed by atoms with Crippen LogP contribution in [0.15, 0.2) is 18.2 Å². The fourth-order valence-corrected chi connectivity index (χ4v) is 5.76. The first-order chi connectivity index (χ1) is 20.1. The Morgan fingerprint density at radius 1 is 1.10 bits per heavy atom. The first-order valence-electron chi connectivity index (χ1n) is 13.7. The van der Waals surface area contributed by atoms with E-state index in [0.29, 0.717) is 31.4 Å². The largest absolute Gasteiger partial charge is 0.433 e. The van der Waals surface area contributed by atoms with E-state index in [4.69, 9.17) is 4.74 Å². The van der Waals surface area contributed by atoms with E-state index < -0.39 is 40.8 Å². The number of halogens is 5. The number of nitrogens with zero attached hydrogens (tertiary/aromatic N) is 7. The van der Waals surface area contributed by atoms with Crippen molar-refractivity contribution in [3.05, 3.63) is 41.2 Å². The fourth-order valence-electron chi connectivity index (χ4n) is 5.76. The Balaban J connectivity index is 1.65. The van der Waals surface area contributed by atoms with Gasteiger partial charge in [-0.15, -0.1) is 0 Å². The third-order valence-electron chi connectivity index (χ3n) is 7.75. The first-order valence-corrected chi connectivity index (χ1v) is 13.7. The third-order valence-corrected chi connectivity index (χ3v) is 7.75. The average molecular weight is 592 g/mol. The van der Waals surface area contributed by atoms with Gasteiger partial charge in [0.25, 0.3) is 0 Å². The highest BCUT2D eigenvalue weighted by Gasteiger charge is 2.43. The monoisotopic (exact) mass is 591 g/mol. The second-order valence-corrected chi connectivity index (χ2v) is 10.5. The summed E-state index contributed by atoms with van der Waals surface area (Å²) in [6, 6.07) is 3.08. The van der Waals surface area contributed by atoms with Gasteiger partial charge in [-0.2, -0.15) is 23.3 Å². The number of fused-ring (bicyclic) bond motifs is 1. The Hall–Kier alpha value is -3.85. The topological polar surface area (TPSA) is 98.0 Å². The minimum atomic E-state index is -4.85. The highest BCUT2D eigenvalue weighted by Crippen LogP contribution is 2.43. The molecule has 42 heavy (non-hydrogen) atoms. The molecule has 2 N–H and O–H groups in total. The molecular weight excluding hydrogens is 561 g/mol. The van der Waals surface area contributed by atoms with Crippen molar-refractivity contribution in [3.63, 3.8) is 0 Å². The van der Waals surface area contributed by atoms with E-state index in [1.54, 1.807) is 11.9 Å². The quantitative estimate of drug-likeness (QED) is 0.328. The number of anilines is 2. The third kappa shape index (κ3) is 4.83. The van der Waals surface area contributed by atoms with Crippen LogP contribution in [0.2, 0.25) is 0 Å². The van der Waals surface area contributed by atoms with E-state index in [0.717, 1.165) is 4.68 Å². The highest BCUT2D eigenvalue weighted by atomic mass is 19.4. The number of benzene rings is 1. The lowest BCUT2D eigenvalue weighted by molar-refractivity contribution is -0.144. The lowest BCUT2D eigenvalue weighted by Crippen LogP contribution is -2.44. The van der Waals surface area contributed by atoms with Gasteiger partial charge in [-0.25, -0.2) is 23.3 Å². The number of ether oxygens (including phenoxy) is 1. The van der Waals surface area contributed by atoms with Crippen LogP contribution in [0, 0.1) is 18.6 Å². The van der Waals surface area contributed by atoms with Crippen molar-refractivity contribution < 1.29 is 26.7 Å². The summed E-state index contributed by atoms with van der Waals surface area (Å²) in [5, 5.41) is 10.3. The van der Waals surface area contributed by atoms with Gasteiger partial charge in [0.2, 0.25) is 11.9 Å². The molecule has 1 atom stereocenters. The van der Waals surface area contributed by atoms with Crippen molar-refractivity contribution in [1.82, 2.24) is 34.6 Å². The molecule has 2 fully saturated rings. The normalized spacial score (nSPS) is 18.7. The zero-order valence-electron chi connectivity index (χ0n) is 23.3. The van der Waals surface area contributed by atoms with E-state index in [1.807, 2.05) is 6.92 Å². The molecule has 0 unspecified atom stereocenters. The Labute approximate surface area is 237 Å². The van der Waals surface area contributed by atoms with Crippen LogP contribution in [0.4, 0.5) is 33.7 Å². The van der Waals surface area contributed by atoms with Gasteiger partial charge in [-0.05, 0) is 51.9 Å². The summed E-state index contributed by atoms with van der Waals surface area (Å²) in [5.41, 5.74) is -1.37. The molecule has 4 aromatic rings. The molecule has 10 nitrogen and oxygen atoms in total. The zero-order valence-corrected chi connectivity index (χ0v) is 23.3. The average Bonchev–Trinajstić information content (AvgIpc) is 3.51. The molecule has 0 spiro atoms. The van der Waals surface area contributed by atoms with Gasteiger partial charge in [-0.3, -0.25) is 4.68 Å². The van der Waals surface area contributed by atoms with Crippen molar-refractivity contribution in [3.8, 4) is 17.2 Å². The number of aromatic nitrogens is 6. The predicted molar refractivity (Wildman–Crippen MR) is 146 cm³/mol. The number of hydrogen-bond acceptors (Lipinski definition) is 8. The van der Waals surface area contributed by atoms with E-state index in [9.17, 15) is 17.6 Å². The number of hydrogen-bond donors (Lipinski definition) is 2. The summed E-state index contributed by atoms with van der Waals surface area (Å²) in [4.78, 5) is 15.0. The molecule has 15 heteroatoms. The number of piperidine rings is 1. The van der Waals surface area contributed by atoms with Crippen molar-refractivity contribution in [1.29, 1.82) is 0 Å². The van der Waals surface area contributed by atoms with Gasteiger partial charge in [0, 0.05) is 19.7 Å². The summed E-state index contributed by atoms with van der Waals surface area (Å²) < 4.78 is 83.0. The highest BCUT2D eigenvalue weighted by molar-refractivity contribution is 5.81. The van der Waals surface area contributed by atoms with Crippen molar-refractivity contribution in [2.45, 2.75) is 44.9 Å². The lowest BCUT2D eigenvalue weighted by Gasteiger charge is -2.34. The van der Waals surface area contributed by atoms with Gasteiger partial charge in [-0.1, -0.05) is 0 Å². The van der Waals surface area contributed by atoms with Crippen LogP contribution in [0.25, 0.3) is 28.2 Å². The molecule has 3 aromatic heterocycles. The van der Waals surface area contributed by atoms with E-state index in [1.165, 1.54) is 29.7 Å². The molecule has 5 heterocycles. The molecule has 0 amide bonds. The molecular formula is C27H30F5N9O. The van der Waals surface area contributed by atoms with Crippen LogP contribution in [0.1, 0.15) is 37.2 Å². The summed E-state index contributed by atoms with van der Waals surface area (Å²) in [5.74, 6) is -1.60. The number of nitrogens with one attached hydrogen (secondary N) is 2. The predicted octanol–water partition coefficient (Wildman–Crippen LogP) is 4.48. The maximum atomic E-state index is 16.6. The molecule has 0 bridgehead atoms. The van der Waals surface area contributed by atoms with E-state index in [2.05, 4.69) is 30.7 Å². The van der Waals surface area contributed by atoms with Crippen molar-refractivity contribution >= 4 is 22.8 Å². The Kier molecular flexibility index (Phi) is 7.25. The van der Waals surface area contributed by atoms with Gasteiger partial charge in [0.1, 0.15) is 11.5 Å². The molecule has 6 rings (SSSR count). The van der Waals surface area contributed by atoms with E-state index >= 15 is 4.39 Å². The van der Waals surface area contributed by atoms with Crippen LogP contribution >= 0.6 is 0 Å². The Morgan fingerprint density at radius 2 is 1.86 bits per heavy atom. The van der Waals surface area contributed by atoms with Crippen LogP contribution in [0.3, 0.4) is 0 Å². The van der Waals surface area contributed by atoms with Gasteiger partial charge in [0.15, 0.2) is 17.3 Å². The second-order valence-electron chi connectivity index (χ2n) is 10.5. The number of alkyl halides is 3. The SMILES string of the molecule is CNc1nc2cc(F)ccc2n1-c1nc(-c2c(C)nn(C3CCNCC3)c2C(F)(F)F)c(F)c(N2CCOC[C@H]2C)n1. The molecule has 2 saturated heterocycles. The molecule has 1 aromatic carbocycles. The molecule has 0 aliphatic carbocycles. The summed E-state index contributed by atoms with van der Waals surface area (Å²) in [6.45, 7) is 5.16. The maximum Gasteiger partial charge on any atom is 0.433 e. The van der Waals surface area contributed by atoms with Crippen LogP contribution in [0.5, 0.6) is 0 Å². The van der Waals surface area contributed by atoms with Crippen LogP contribution in [-0.2, 0) is 10.9 Å². The summed E-state index contributed by atoms with van der Waals surface area (Å²) >= 11 is 0. The smallest absolute Gasteiger partial charge is 0.377 e. The molecule has 2 aliphatic rings. The maximum absolute atomic E-state index is 16.6. The molecule has 0 radical (unpaired) electrons. The number of morpholine rings is 1. The van der Waals surface area contributed by atoms with Crippen molar-refractivity contribution in [2.75, 3.05) is 50.1 Å². The molecule has 2 aliphatic heterocycles. The molecule has 224 valence electrons. The second kappa shape index (κ2) is 10.8. The zero-order chi connectivity index (χ0) is 29.8. The number of rotatable bonds is 5. The van der Waals surface area contributed by atoms with Crippen LogP contribution in [-0.4, -0.2) is 75.2 Å². The summed E-state index contributed by atoms with van der Waals surface area (Å²) in [6.07, 6.45) is -3.96. The minimum Gasteiger partial charge on any atom is -0.377 e. The minimum absolute atomic E-state index is 0.00298. The van der Waals surface area contributed by atoms with E-state index in [-0.39, 0.29) is 54.7 Å². The van der Waals surface area contributed by atoms with Gasteiger partial charge in [0.05, 0.1) is 47.6 Å². The van der Waals surface area contributed by atoms with Gasteiger partial charge < -0.3 is 20.3 Å².